The lowest BCUT2D eigenvalue weighted by molar-refractivity contribution is 0.327. The van der Waals surface area contributed by atoms with Crippen LogP contribution in [-0.2, 0) is 9.09 Å². The second-order valence-corrected chi connectivity index (χ2v) is 2.79. The minimum absolute atomic E-state index is 0.882. The van der Waals surface area contributed by atoms with Gasteiger partial charge >= 0.3 is 7.60 Å². The van der Waals surface area contributed by atoms with Crippen molar-refractivity contribution in [2.45, 2.75) is 0 Å². The van der Waals surface area contributed by atoms with E-state index >= 15 is 0 Å². The van der Waals surface area contributed by atoms with Crippen molar-refractivity contribution in [3.63, 3.8) is 0 Å². The van der Waals surface area contributed by atoms with Gasteiger partial charge in [-0.3, -0.25) is 4.57 Å². The summed E-state index contributed by atoms with van der Waals surface area (Å²) in [6.45, 7) is 3.07. The fourth-order valence-corrected chi connectivity index (χ4v) is 0.224. The third-order valence-electron chi connectivity index (χ3n) is 0.492. The van der Waals surface area contributed by atoms with Crippen LogP contribution >= 0.6 is 7.60 Å². The Morgan fingerprint density at radius 3 is 2.43 bits per heavy atom. The zero-order valence-corrected chi connectivity index (χ0v) is 4.89. The van der Waals surface area contributed by atoms with E-state index in [-0.39, 0.29) is 0 Å². The van der Waals surface area contributed by atoms with Crippen LogP contribution in [0, 0.1) is 0 Å². The van der Waals surface area contributed by atoms with E-state index in [2.05, 4.69) is 11.1 Å². The highest BCUT2D eigenvalue weighted by molar-refractivity contribution is 7.56. The molecule has 42 valence electrons. The van der Waals surface area contributed by atoms with Crippen molar-refractivity contribution < 1.29 is 14.0 Å². The first kappa shape index (κ1) is 6.89. The van der Waals surface area contributed by atoms with Crippen LogP contribution in [0.4, 0.5) is 0 Å². The molecule has 0 aliphatic carbocycles. The average Bonchev–Trinajstić information content (AvgIpc) is 1.68. The van der Waals surface area contributed by atoms with Crippen molar-refractivity contribution in [3.05, 3.63) is 12.4 Å². The van der Waals surface area contributed by atoms with Crippen molar-refractivity contribution in [2.75, 3.05) is 7.11 Å². The van der Waals surface area contributed by atoms with Gasteiger partial charge in [0.2, 0.25) is 0 Å². The van der Waals surface area contributed by atoms with Gasteiger partial charge in [0.1, 0.15) is 0 Å². The van der Waals surface area contributed by atoms with Crippen molar-refractivity contribution in [3.8, 4) is 0 Å². The lowest BCUT2D eigenvalue weighted by atomic mass is 11.3. The van der Waals surface area contributed by atoms with E-state index in [1.54, 1.807) is 0 Å². The predicted octanol–water partition coefficient (Wildman–Crippen LogP) is 0.962. The molecule has 0 aromatic carbocycles. The van der Waals surface area contributed by atoms with Crippen LogP contribution in [0.3, 0.4) is 0 Å². The molecule has 0 saturated heterocycles. The minimum Gasteiger partial charge on any atom is -0.321 e. The SMILES string of the molecule is C=CP(=O)(O)OC. The third kappa shape index (κ3) is 2.57. The number of hydrogen-bond acceptors (Lipinski definition) is 2. The Hall–Kier alpha value is -0.110. The van der Waals surface area contributed by atoms with Crippen LogP contribution in [0.1, 0.15) is 0 Å². The van der Waals surface area contributed by atoms with Gasteiger partial charge in [-0.2, -0.15) is 0 Å². The zero-order valence-electron chi connectivity index (χ0n) is 4.00. The molecule has 0 fully saturated rings. The van der Waals surface area contributed by atoms with Crippen molar-refractivity contribution in [1.82, 2.24) is 0 Å². The molecule has 7 heavy (non-hydrogen) atoms. The monoisotopic (exact) mass is 122 g/mol. The van der Waals surface area contributed by atoms with Crippen molar-refractivity contribution in [1.29, 1.82) is 0 Å². The van der Waals surface area contributed by atoms with Crippen LogP contribution in [-0.4, -0.2) is 12.0 Å². The highest BCUT2D eigenvalue weighted by Crippen LogP contribution is 2.41. The Kier molecular flexibility index (Phi) is 2.23. The fraction of sp³-hybridized carbons (Fsp3) is 0.333. The maximum absolute atomic E-state index is 10.2. The fourth-order valence-electron chi connectivity index (χ4n) is 0.0745. The third-order valence-corrected chi connectivity index (χ3v) is 1.48. The van der Waals surface area contributed by atoms with Gasteiger partial charge in [-0.25, -0.2) is 0 Å². The summed E-state index contributed by atoms with van der Waals surface area (Å²) in [6.07, 6.45) is 0. The Morgan fingerprint density at radius 2 is 2.43 bits per heavy atom. The molecule has 0 bridgehead atoms. The van der Waals surface area contributed by atoms with Crippen LogP contribution in [0.2, 0.25) is 0 Å². The Balaban J connectivity index is 3.85. The van der Waals surface area contributed by atoms with Gasteiger partial charge in [-0.1, -0.05) is 6.58 Å². The molecule has 0 aliphatic heterocycles. The summed E-state index contributed by atoms with van der Waals surface area (Å²) in [5.74, 6) is 0.882. The maximum atomic E-state index is 10.2. The number of rotatable bonds is 2. The molecule has 0 aromatic rings. The Morgan fingerprint density at radius 1 is 2.00 bits per heavy atom. The smallest absolute Gasteiger partial charge is 0.321 e. The normalized spacial score (nSPS) is 18.0. The molecule has 1 atom stereocenters. The highest BCUT2D eigenvalue weighted by atomic mass is 31.2. The lowest BCUT2D eigenvalue weighted by Crippen LogP contribution is -1.74. The molecule has 4 heteroatoms. The van der Waals surface area contributed by atoms with Gasteiger partial charge in [0.15, 0.2) is 0 Å². The van der Waals surface area contributed by atoms with Gasteiger partial charge in [-0.15, -0.1) is 0 Å². The van der Waals surface area contributed by atoms with Crippen molar-refractivity contribution >= 4 is 7.60 Å². The molecule has 0 spiro atoms. The molecule has 1 N–H and O–H groups in total. The average molecular weight is 122 g/mol. The Labute approximate surface area is 42.2 Å². The predicted molar refractivity (Wildman–Crippen MR) is 27.0 cm³/mol. The Bertz CT molecular complexity index is 109. The summed E-state index contributed by atoms with van der Waals surface area (Å²) >= 11 is 0. The molecule has 0 aromatic heterocycles. The molecular weight excluding hydrogens is 115 g/mol. The van der Waals surface area contributed by atoms with E-state index in [1.807, 2.05) is 0 Å². The summed E-state index contributed by atoms with van der Waals surface area (Å²) in [4.78, 5) is 8.35. The van der Waals surface area contributed by atoms with E-state index in [0.717, 1.165) is 12.9 Å². The van der Waals surface area contributed by atoms with Crippen LogP contribution in [0.25, 0.3) is 0 Å². The number of hydrogen-bond donors (Lipinski definition) is 1. The topological polar surface area (TPSA) is 46.5 Å². The van der Waals surface area contributed by atoms with Crippen LogP contribution < -0.4 is 0 Å². The van der Waals surface area contributed by atoms with Gasteiger partial charge in [-0.05, 0) is 0 Å². The van der Waals surface area contributed by atoms with E-state index in [0.29, 0.717) is 0 Å². The van der Waals surface area contributed by atoms with Gasteiger partial charge in [0, 0.05) is 12.9 Å². The summed E-state index contributed by atoms with van der Waals surface area (Å²) in [5, 5.41) is 0. The van der Waals surface area contributed by atoms with E-state index in [4.69, 9.17) is 4.89 Å². The van der Waals surface area contributed by atoms with Gasteiger partial charge in [0.25, 0.3) is 0 Å². The molecule has 0 aliphatic rings. The molecule has 0 amide bonds. The largest absolute Gasteiger partial charge is 0.350 e. The van der Waals surface area contributed by atoms with Gasteiger partial charge in [0.05, 0.1) is 0 Å². The van der Waals surface area contributed by atoms with Gasteiger partial charge < -0.3 is 9.42 Å². The maximum Gasteiger partial charge on any atom is 0.350 e. The highest BCUT2D eigenvalue weighted by Gasteiger charge is 2.07. The summed E-state index contributed by atoms with van der Waals surface area (Å²) in [6, 6.07) is 0. The standard InChI is InChI=1S/C3H7O3P/c1-3-7(4,5)6-2/h3H,1H2,2H3,(H,4,5). The van der Waals surface area contributed by atoms with E-state index in [9.17, 15) is 4.57 Å². The molecule has 0 saturated carbocycles. The lowest BCUT2D eigenvalue weighted by Gasteiger charge is -1.97. The molecule has 3 nitrogen and oxygen atoms in total. The second-order valence-electron chi connectivity index (χ2n) is 0.929. The summed E-state index contributed by atoms with van der Waals surface area (Å²) in [7, 11) is -2.24. The minimum atomic E-state index is -3.39. The van der Waals surface area contributed by atoms with Crippen LogP contribution in [0.15, 0.2) is 12.4 Å². The van der Waals surface area contributed by atoms with Crippen LogP contribution in [0.5, 0.6) is 0 Å². The molecule has 0 rings (SSSR count). The van der Waals surface area contributed by atoms with E-state index in [1.165, 1.54) is 0 Å². The first-order valence-corrected chi connectivity index (χ1v) is 3.29. The quantitative estimate of drug-likeness (QED) is 0.555. The zero-order chi connectivity index (χ0) is 5.91. The molecule has 0 heterocycles. The second kappa shape index (κ2) is 2.26. The molecule has 1 unspecified atom stereocenters. The first-order valence-electron chi connectivity index (χ1n) is 1.64. The summed E-state index contributed by atoms with van der Waals surface area (Å²) < 4.78 is 14.2. The molecule has 0 radical (unpaired) electrons. The first-order chi connectivity index (χ1) is 3.12. The summed E-state index contributed by atoms with van der Waals surface area (Å²) in [5.41, 5.74) is 0. The van der Waals surface area contributed by atoms with Crippen molar-refractivity contribution in [2.24, 2.45) is 0 Å². The molecular formula is C3H7O3P. The van der Waals surface area contributed by atoms with E-state index < -0.39 is 7.60 Å².